The van der Waals surface area contributed by atoms with E-state index in [1.165, 1.54) is 0 Å². The molecule has 1 amide bonds. The van der Waals surface area contributed by atoms with Crippen molar-refractivity contribution >= 4 is 11.6 Å². The Morgan fingerprint density at radius 2 is 1.90 bits per heavy atom. The molecule has 2 rings (SSSR count). The third kappa shape index (κ3) is 3.71. The van der Waals surface area contributed by atoms with Crippen LogP contribution in [-0.2, 0) is 0 Å². The number of carbonyl (C=O) groups excluding carboxylic acids is 1. The Morgan fingerprint density at radius 3 is 2.57 bits per heavy atom. The van der Waals surface area contributed by atoms with Crippen LogP contribution in [0.2, 0.25) is 0 Å². The summed E-state index contributed by atoms with van der Waals surface area (Å²) in [5.41, 5.74) is 2.18. The largest absolute Gasteiger partial charge is 0.384 e. The zero-order chi connectivity index (χ0) is 15.1. The van der Waals surface area contributed by atoms with Gasteiger partial charge in [0.05, 0.1) is 0 Å². The van der Waals surface area contributed by atoms with E-state index < -0.39 is 0 Å². The Morgan fingerprint density at radius 1 is 1.14 bits per heavy atom. The number of hydrogen-bond donors (Lipinski definition) is 1. The first-order valence-electron chi connectivity index (χ1n) is 6.83. The third-order valence-electron chi connectivity index (χ3n) is 3.05. The molecule has 2 aromatic carbocycles. The number of benzene rings is 2. The van der Waals surface area contributed by atoms with E-state index in [0.29, 0.717) is 12.1 Å². The molecule has 0 atom stereocenters. The zero-order valence-electron chi connectivity index (χ0n) is 11.9. The number of amides is 1. The number of aliphatic hydroxyl groups is 1. The quantitative estimate of drug-likeness (QED) is 0.878. The average molecular weight is 279 g/mol. The van der Waals surface area contributed by atoms with Crippen LogP contribution in [0.1, 0.15) is 22.8 Å². The Kier molecular flexibility index (Phi) is 5.14. The van der Waals surface area contributed by atoms with Gasteiger partial charge in [-0.15, -0.1) is 0 Å². The van der Waals surface area contributed by atoms with Crippen molar-refractivity contribution in [3.8, 4) is 11.8 Å². The highest BCUT2D eigenvalue weighted by atomic mass is 16.2. The molecule has 0 saturated heterocycles. The molecular formula is C18H17NO2. The Bertz CT molecular complexity index is 668. The highest BCUT2D eigenvalue weighted by Crippen LogP contribution is 2.17. The van der Waals surface area contributed by atoms with E-state index in [9.17, 15) is 4.79 Å². The molecule has 0 aliphatic heterocycles. The molecule has 0 saturated carbocycles. The second kappa shape index (κ2) is 7.28. The maximum absolute atomic E-state index is 12.6. The van der Waals surface area contributed by atoms with Gasteiger partial charge in [-0.1, -0.05) is 36.1 Å². The van der Waals surface area contributed by atoms with Gasteiger partial charge in [-0.2, -0.15) is 0 Å². The fourth-order valence-electron chi connectivity index (χ4n) is 2.08. The van der Waals surface area contributed by atoms with Gasteiger partial charge in [-0.25, -0.2) is 0 Å². The minimum atomic E-state index is -0.191. The Hall–Kier alpha value is -2.57. The monoisotopic (exact) mass is 279 g/mol. The predicted octanol–water partition coefficient (Wildman–Crippen LogP) is 2.70. The van der Waals surface area contributed by atoms with Crippen LogP contribution in [0, 0.1) is 11.8 Å². The van der Waals surface area contributed by atoms with Crippen LogP contribution in [0.25, 0.3) is 0 Å². The van der Waals surface area contributed by atoms with E-state index >= 15 is 0 Å². The SMILES string of the molecule is CCN(C(=O)c1cccc(C#CCO)c1)c1ccccc1. The van der Waals surface area contributed by atoms with Crippen LogP contribution in [-0.4, -0.2) is 24.2 Å². The number of aliphatic hydroxyl groups excluding tert-OH is 1. The summed E-state index contributed by atoms with van der Waals surface area (Å²) in [4.78, 5) is 14.4. The molecule has 0 aliphatic rings. The number of nitrogens with zero attached hydrogens (tertiary/aromatic N) is 1. The normalized spacial score (nSPS) is 9.62. The second-order valence-corrected chi connectivity index (χ2v) is 4.43. The number of carbonyl (C=O) groups is 1. The summed E-state index contributed by atoms with van der Waals surface area (Å²) < 4.78 is 0. The maximum Gasteiger partial charge on any atom is 0.258 e. The molecule has 3 heteroatoms. The van der Waals surface area contributed by atoms with Gasteiger partial charge >= 0.3 is 0 Å². The van der Waals surface area contributed by atoms with E-state index in [0.717, 1.165) is 11.3 Å². The molecular weight excluding hydrogens is 262 g/mol. The van der Waals surface area contributed by atoms with Gasteiger partial charge in [0.2, 0.25) is 0 Å². The van der Waals surface area contributed by atoms with E-state index in [4.69, 9.17) is 5.11 Å². The number of para-hydroxylation sites is 1. The fourth-order valence-corrected chi connectivity index (χ4v) is 2.08. The number of anilines is 1. The molecule has 106 valence electrons. The van der Waals surface area contributed by atoms with Crippen LogP contribution in [0.4, 0.5) is 5.69 Å². The highest BCUT2D eigenvalue weighted by molar-refractivity contribution is 6.06. The van der Waals surface area contributed by atoms with Crippen molar-refractivity contribution in [2.75, 3.05) is 18.1 Å². The van der Waals surface area contributed by atoms with E-state index in [-0.39, 0.29) is 12.5 Å². The van der Waals surface area contributed by atoms with Gasteiger partial charge in [0.1, 0.15) is 6.61 Å². The topological polar surface area (TPSA) is 40.5 Å². The van der Waals surface area contributed by atoms with Crippen molar-refractivity contribution in [3.63, 3.8) is 0 Å². The van der Waals surface area contributed by atoms with Crippen LogP contribution in [0.5, 0.6) is 0 Å². The summed E-state index contributed by atoms with van der Waals surface area (Å²) in [7, 11) is 0. The third-order valence-corrected chi connectivity index (χ3v) is 3.05. The minimum absolute atomic E-state index is 0.0589. The number of hydrogen-bond acceptors (Lipinski definition) is 2. The van der Waals surface area contributed by atoms with Crippen molar-refractivity contribution in [2.45, 2.75) is 6.92 Å². The van der Waals surface area contributed by atoms with Gasteiger partial charge in [0, 0.05) is 23.4 Å². The number of rotatable bonds is 3. The molecule has 2 aromatic rings. The van der Waals surface area contributed by atoms with Crippen molar-refractivity contribution in [3.05, 3.63) is 65.7 Å². The van der Waals surface area contributed by atoms with Gasteiger partial charge in [0.25, 0.3) is 5.91 Å². The molecule has 0 spiro atoms. The van der Waals surface area contributed by atoms with Crippen LogP contribution in [0.15, 0.2) is 54.6 Å². The average Bonchev–Trinajstić information content (AvgIpc) is 2.55. The van der Waals surface area contributed by atoms with Crippen molar-refractivity contribution in [1.29, 1.82) is 0 Å². The fraction of sp³-hybridized carbons (Fsp3) is 0.167. The minimum Gasteiger partial charge on any atom is -0.384 e. The Balaban J connectivity index is 2.30. The van der Waals surface area contributed by atoms with Gasteiger partial charge < -0.3 is 10.0 Å². The summed E-state index contributed by atoms with van der Waals surface area (Å²) >= 11 is 0. The second-order valence-electron chi connectivity index (χ2n) is 4.43. The first kappa shape index (κ1) is 14.8. The predicted molar refractivity (Wildman–Crippen MR) is 84.2 cm³/mol. The van der Waals surface area contributed by atoms with Gasteiger partial charge in [-0.3, -0.25) is 4.79 Å². The molecule has 21 heavy (non-hydrogen) atoms. The molecule has 0 fully saturated rings. The first-order chi connectivity index (χ1) is 10.3. The molecule has 0 radical (unpaired) electrons. The molecule has 0 bridgehead atoms. The standard InChI is InChI=1S/C18H17NO2/c1-2-19(17-11-4-3-5-12-17)18(21)16-10-6-8-15(14-16)9-7-13-20/h3-6,8,10-12,14,20H,2,13H2,1H3. The summed E-state index contributed by atoms with van der Waals surface area (Å²) in [6.07, 6.45) is 0. The summed E-state index contributed by atoms with van der Waals surface area (Å²) in [6.45, 7) is 2.35. The van der Waals surface area contributed by atoms with E-state index in [1.807, 2.05) is 43.3 Å². The van der Waals surface area contributed by atoms with Crippen LogP contribution < -0.4 is 4.90 Å². The van der Waals surface area contributed by atoms with E-state index in [1.54, 1.807) is 23.1 Å². The van der Waals surface area contributed by atoms with Crippen LogP contribution in [0.3, 0.4) is 0 Å². The summed E-state index contributed by atoms with van der Waals surface area (Å²) in [5, 5.41) is 8.73. The molecule has 0 unspecified atom stereocenters. The first-order valence-corrected chi connectivity index (χ1v) is 6.83. The van der Waals surface area contributed by atoms with Gasteiger partial charge in [-0.05, 0) is 37.3 Å². The Labute approximate surface area is 124 Å². The summed E-state index contributed by atoms with van der Waals surface area (Å²) in [6, 6.07) is 16.7. The van der Waals surface area contributed by atoms with Crippen LogP contribution >= 0.6 is 0 Å². The maximum atomic E-state index is 12.6. The van der Waals surface area contributed by atoms with Crippen molar-refractivity contribution < 1.29 is 9.90 Å². The van der Waals surface area contributed by atoms with Crippen molar-refractivity contribution in [1.82, 2.24) is 0 Å². The molecule has 0 heterocycles. The smallest absolute Gasteiger partial charge is 0.258 e. The lowest BCUT2D eigenvalue weighted by Gasteiger charge is -2.21. The lowest BCUT2D eigenvalue weighted by Crippen LogP contribution is -2.30. The molecule has 0 aromatic heterocycles. The lowest BCUT2D eigenvalue weighted by molar-refractivity contribution is 0.0988. The lowest BCUT2D eigenvalue weighted by atomic mass is 10.1. The summed E-state index contributed by atoms with van der Waals surface area (Å²) in [5.74, 6) is 5.34. The molecule has 3 nitrogen and oxygen atoms in total. The van der Waals surface area contributed by atoms with Gasteiger partial charge in [0.15, 0.2) is 0 Å². The molecule has 0 aliphatic carbocycles. The highest BCUT2D eigenvalue weighted by Gasteiger charge is 2.15. The zero-order valence-corrected chi connectivity index (χ0v) is 11.9. The van der Waals surface area contributed by atoms with E-state index in [2.05, 4.69) is 11.8 Å². The molecule has 1 N–H and O–H groups in total. The van der Waals surface area contributed by atoms with Crippen molar-refractivity contribution in [2.24, 2.45) is 0 Å².